The number of aromatic carboxylic acids is 1. The molecule has 1 aromatic heterocycles. The van der Waals surface area contributed by atoms with Crippen LogP contribution < -0.4 is 4.74 Å². The Morgan fingerprint density at radius 1 is 1.12 bits per heavy atom. The van der Waals surface area contributed by atoms with Crippen molar-refractivity contribution in [1.82, 2.24) is 4.57 Å². The summed E-state index contributed by atoms with van der Waals surface area (Å²) in [5, 5.41) is 9.48. The van der Waals surface area contributed by atoms with E-state index in [4.69, 9.17) is 11.3 Å². The van der Waals surface area contributed by atoms with Crippen LogP contribution in [0.5, 0.6) is 5.75 Å². The monoisotopic (exact) mass is 332 g/mol. The lowest BCUT2D eigenvalue weighted by Gasteiger charge is -2.10. The first kappa shape index (κ1) is 16.3. The number of nitrogens with zero attached hydrogens (tertiary/aromatic N) is 2. The molecule has 0 saturated heterocycles. The van der Waals surface area contributed by atoms with Crippen molar-refractivity contribution in [3.63, 3.8) is 0 Å². The lowest BCUT2D eigenvalue weighted by Crippen LogP contribution is -2.05. The number of carbonyl (C=O) groups is 1. The SMILES string of the molecule is [C-]#[N+]c1cn(C)c(C(=O)O)c1-c1ccc(-c2ccccc2OC)cc1. The van der Waals surface area contributed by atoms with Crippen molar-refractivity contribution in [3.8, 4) is 28.0 Å². The zero-order chi connectivity index (χ0) is 18.0. The Bertz CT molecular complexity index is 979. The van der Waals surface area contributed by atoms with Crippen LogP contribution in [-0.4, -0.2) is 22.8 Å². The average molecular weight is 332 g/mol. The number of aromatic nitrogens is 1. The van der Waals surface area contributed by atoms with Gasteiger partial charge in [-0.25, -0.2) is 9.64 Å². The summed E-state index contributed by atoms with van der Waals surface area (Å²) in [6.07, 6.45) is 1.54. The van der Waals surface area contributed by atoms with Crippen LogP contribution in [0.1, 0.15) is 10.5 Å². The molecule has 0 amide bonds. The Labute approximate surface area is 145 Å². The van der Waals surface area contributed by atoms with Gasteiger partial charge in [-0.3, -0.25) is 0 Å². The molecule has 124 valence electrons. The number of hydrogen-bond acceptors (Lipinski definition) is 2. The summed E-state index contributed by atoms with van der Waals surface area (Å²) in [5.41, 5.74) is 3.48. The van der Waals surface area contributed by atoms with Crippen molar-refractivity contribution in [1.29, 1.82) is 0 Å². The standard InChI is InChI=1S/C20H16N2O3/c1-21-16-12-22(2)19(20(23)24)18(16)14-10-8-13(9-11-14)15-6-4-5-7-17(15)25-3/h4-12H,2-3H3,(H,23,24). The van der Waals surface area contributed by atoms with Crippen LogP contribution in [0.25, 0.3) is 27.1 Å². The van der Waals surface area contributed by atoms with Crippen LogP contribution in [0.4, 0.5) is 5.69 Å². The first-order chi connectivity index (χ1) is 12.1. The third-order valence-corrected chi connectivity index (χ3v) is 4.08. The lowest BCUT2D eigenvalue weighted by molar-refractivity contribution is 0.0687. The summed E-state index contributed by atoms with van der Waals surface area (Å²) in [7, 11) is 3.25. The zero-order valence-corrected chi connectivity index (χ0v) is 13.9. The molecule has 3 aromatic rings. The van der Waals surface area contributed by atoms with Gasteiger partial charge in [-0.05, 0) is 17.2 Å². The van der Waals surface area contributed by atoms with Gasteiger partial charge in [0.05, 0.1) is 13.7 Å². The number of para-hydroxylation sites is 1. The highest BCUT2D eigenvalue weighted by molar-refractivity contribution is 5.99. The molecular formula is C20H16N2O3. The number of rotatable bonds is 4. The Hall–Kier alpha value is -3.52. The van der Waals surface area contributed by atoms with E-state index in [9.17, 15) is 9.90 Å². The number of ether oxygens (including phenoxy) is 1. The van der Waals surface area contributed by atoms with E-state index in [0.29, 0.717) is 16.8 Å². The molecule has 25 heavy (non-hydrogen) atoms. The molecule has 1 N–H and O–H groups in total. The van der Waals surface area contributed by atoms with Gasteiger partial charge in [0.15, 0.2) is 0 Å². The molecule has 3 rings (SSSR count). The highest BCUT2D eigenvalue weighted by atomic mass is 16.5. The molecule has 0 aliphatic carbocycles. The molecular weight excluding hydrogens is 316 g/mol. The number of aryl methyl sites for hydroxylation is 1. The minimum absolute atomic E-state index is 0.107. The van der Waals surface area contributed by atoms with E-state index in [1.807, 2.05) is 48.5 Å². The van der Waals surface area contributed by atoms with Crippen molar-refractivity contribution >= 4 is 11.7 Å². The fraction of sp³-hybridized carbons (Fsp3) is 0.100. The number of carboxylic acids is 1. The third kappa shape index (κ3) is 2.86. The van der Waals surface area contributed by atoms with Crippen LogP contribution >= 0.6 is 0 Å². The molecule has 0 aliphatic heterocycles. The predicted molar refractivity (Wildman–Crippen MR) is 96.1 cm³/mol. The maximum Gasteiger partial charge on any atom is 0.351 e. The second-order valence-corrected chi connectivity index (χ2v) is 5.54. The Kier molecular flexibility index (Phi) is 4.27. The minimum Gasteiger partial charge on any atom is -0.496 e. The second-order valence-electron chi connectivity index (χ2n) is 5.54. The van der Waals surface area contributed by atoms with Gasteiger partial charge in [-0.15, -0.1) is 0 Å². The molecule has 0 spiro atoms. The fourth-order valence-electron chi connectivity index (χ4n) is 2.94. The largest absolute Gasteiger partial charge is 0.496 e. The zero-order valence-electron chi connectivity index (χ0n) is 13.9. The van der Waals surface area contributed by atoms with E-state index < -0.39 is 5.97 Å². The highest BCUT2D eigenvalue weighted by Gasteiger charge is 2.21. The maximum absolute atomic E-state index is 11.6. The molecule has 0 radical (unpaired) electrons. The summed E-state index contributed by atoms with van der Waals surface area (Å²) in [6.45, 7) is 7.32. The van der Waals surface area contributed by atoms with Gasteiger partial charge in [0.25, 0.3) is 0 Å². The molecule has 1 heterocycles. The first-order valence-electron chi connectivity index (χ1n) is 7.60. The van der Waals surface area contributed by atoms with Crippen LogP contribution in [-0.2, 0) is 7.05 Å². The molecule has 5 heteroatoms. The first-order valence-corrected chi connectivity index (χ1v) is 7.60. The van der Waals surface area contributed by atoms with Gasteiger partial charge in [0, 0.05) is 24.4 Å². The summed E-state index contributed by atoms with van der Waals surface area (Å²) < 4.78 is 6.86. The van der Waals surface area contributed by atoms with E-state index in [-0.39, 0.29) is 5.69 Å². The molecule has 5 nitrogen and oxygen atoms in total. The van der Waals surface area contributed by atoms with Crippen LogP contribution in [0.15, 0.2) is 54.7 Å². The van der Waals surface area contributed by atoms with Crippen LogP contribution in [0.2, 0.25) is 0 Å². The smallest absolute Gasteiger partial charge is 0.351 e. The summed E-state index contributed by atoms with van der Waals surface area (Å²) in [5.74, 6) is -0.288. The van der Waals surface area contributed by atoms with E-state index >= 15 is 0 Å². The Balaban J connectivity index is 2.11. The predicted octanol–water partition coefficient (Wildman–Crippen LogP) is 4.62. The maximum atomic E-state index is 11.6. The van der Waals surface area contributed by atoms with Gasteiger partial charge < -0.3 is 14.4 Å². The topological polar surface area (TPSA) is 55.8 Å². The molecule has 2 aromatic carbocycles. The summed E-state index contributed by atoms with van der Waals surface area (Å²) in [6, 6.07) is 15.2. The van der Waals surface area contributed by atoms with Gasteiger partial charge in [-0.1, -0.05) is 42.5 Å². The molecule has 0 aliphatic rings. The van der Waals surface area contributed by atoms with E-state index in [1.165, 1.54) is 4.57 Å². The Morgan fingerprint density at radius 3 is 2.36 bits per heavy atom. The van der Waals surface area contributed by atoms with E-state index in [1.54, 1.807) is 20.4 Å². The van der Waals surface area contributed by atoms with Crippen molar-refractivity contribution in [2.24, 2.45) is 7.05 Å². The second kappa shape index (κ2) is 6.54. The van der Waals surface area contributed by atoms with Crippen molar-refractivity contribution in [3.05, 3.63) is 71.8 Å². The molecule has 0 atom stereocenters. The van der Waals surface area contributed by atoms with Gasteiger partial charge in [-0.2, -0.15) is 0 Å². The third-order valence-electron chi connectivity index (χ3n) is 4.08. The highest BCUT2D eigenvalue weighted by Crippen LogP contribution is 2.37. The van der Waals surface area contributed by atoms with Gasteiger partial charge in [0.1, 0.15) is 11.4 Å². The van der Waals surface area contributed by atoms with Crippen molar-refractivity contribution in [2.45, 2.75) is 0 Å². The lowest BCUT2D eigenvalue weighted by atomic mass is 9.99. The van der Waals surface area contributed by atoms with Gasteiger partial charge >= 0.3 is 5.97 Å². The number of benzene rings is 2. The Morgan fingerprint density at radius 2 is 1.76 bits per heavy atom. The van der Waals surface area contributed by atoms with Crippen molar-refractivity contribution < 1.29 is 14.6 Å². The number of methoxy groups -OCH3 is 1. The van der Waals surface area contributed by atoms with E-state index in [2.05, 4.69) is 4.85 Å². The molecule has 0 bridgehead atoms. The quantitative estimate of drug-likeness (QED) is 0.710. The van der Waals surface area contributed by atoms with Gasteiger partial charge in [0.2, 0.25) is 5.69 Å². The normalized spacial score (nSPS) is 10.3. The van der Waals surface area contributed by atoms with E-state index in [0.717, 1.165) is 16.9 Å². The number of hydrogen-bond donors (Lipinski definition) is 1. The minimum atomic E-state index is -1.05. The molecule has 0 unspecified atom stereocenters. The summed E-state index contributed by atoms with van der Waals surface area (Å²) in [4.78, 5) is 15.0. The fourth-order valence-corrected chi connectivity index (χ4v) is 2.94. The van der Waals surface area contributed by atoms with Crippen molar-refractivity contribution in [2.75, 3.05) is 7.11 Å². The summed E-state index contributed by atoms with van der Waals surface area (Å²) >= 11 is 0. The van der Waals surface area contributed by atoms with Crippen LogP contribution in [0, 0.1) is 6.57 Å². The molecule has 0 saturated carbocycles. The molecule has 0 fully saturated rings. The van der Waals surface area contributed by atoms with Crippen LogP contribution in [0.3, 0.4) is 0 Å². The number of carboxylic acid groups (broad SMARTS) is 1. The average Bonchev–Trinajstić information content (AvgIpc) is 2.98.